The zero-order chi connectivity index (χ0) is 22.7. The number of fused-ring (bicyclic) bond motifs is 1. The van der Waals surface area contributed by atoms with Gasteiger partial charge in [0.05, 0.1) is 26.0 Å². The van der Waals surface area contributed by atoms with E-state index in [0.717, 1.165) is 16.5 Å². The topological polar surface area (TPSA) is 76.2 Å². The number of carbonyl (C=O) groups is 1. The number of ether oxygens (including phenoxy) is 2. The molecule has 3 aromatic carbocycles. The summed E-state index contributed by atoms with van der Waals surface area (Å²) in [6.07, 6.45) is 0. The Morgan fingerprint density at radius 3 is 2.50 bits per heavy atom. The van der Waals surface area contributed by atoms with Crippen molar-refractivity contribution in [2.75, 3.05) is 44.9 Å². The quantitative estimate of drug-likeness (QED) is 0.570. The van der Waals surface area contributed by atoms with Gasteiger partial charge in [0.15, 0.2) is 0 Å². The van der Waals surface area contributed by atoms with Gasteiger partial charge in [0.1, 0.15) is 10.6 Å². The molecule has 8 heteroatoms. The fraction of sp³-hybridized carbons (Fsp3) is 0.292. The molecule has 3 aromatic rings. The molecule has 32 heavy (non-hydrogen) atoms. The first-order chi connectivity index (χ1) is 15.5. The fourth-order valence-electron chi connectivity index (χ4n) is 3.96. The third kappa shape index (κ3) is 4.09. The van der Waals surface area contributed by atoms with Crippen molar-refractivity contribution in [2.45, 2.75) is 11.8 Å². The van der Waals surface area contributed by atoms with Crippen LogP contribution in [-0.4, -0.2) is 58.6 Å². The number of hydrogen-bond donors (Lipinski definition) is 0. The maximum Gasteiger partial charge on any atom is 0.258 e. The fourth-order valence-corrected chi connectivity index (χ4v) is 5.55. The first-order valence-electron chi connectivity index (χ1n) is 10.5. The van der Waals surface area contributed by atoms with Crippen LogP contribution < -0.4 is 9.64 Å². The van der Waals surface area contributed by atoms with E-state index in [2.05, 4.69) is 0 Å². The average molecular weight is 455 g/mol. The van der Waals surface area contributed by atoms with Gasteiger partial charge in [-0.15, -0.1) is 0 Å². The number of anilines is 1. The zero-order valence-electron chi connectivity index (χ0n) is 18.2. The van der Waals surface area contributed by atoms with Gasteiger partial charge in [0, 0.05) is 30.6 Å². The minimum Gasteiger partial charge on any atom is -0.495 e. The molecule has 7 nitrogen and oxygen atoms in total. The molecule has 0 bridgehead atoms. The van der Waals surface area contributed by atoms with Crippen LogP contribution in [0.5, 0.6) is 5.75 Å². The Bertz CT molecular complexity index is 1230. The number of sulfonamides is 1. The van der Waals surface area contributed by atoms with Crippen LogP contribution in [0.4, 0.5) is 5.69 Å². The summed E-state index contributed by atoms with van der Waals surface area (Å²) in [4.78, 5) is 15.2. The number of hydrogen-bond acceptors (Lipinski definition) is 5. The van der Waals surface area contributed by atoms with Crippen molar-refractivity contribution >= 4 is 32.4 Å². The lowest BCUT2D eigenvalue weighted by molar-refractivity contribution is 0.0729. The van der Waals surface area contributed by atoms with Gasteiger partial charge in [-0.25, -0.2) is 8.42 Å². The average Bonchev–Trinajstić information content (AvgIpc) is 2.84. The van der Waals surface area contributed by atoms with E-state index in [1.54, 1.807) is 11.0 Å². The van der Waals surface area contributed by atoms with Crippen LogP contribution in [0, 0.1) is 0 Å². The lowest BCUT2D eigenvalue weighted by atomic mass is 10.1. The SMILES string of the molecule is CCN(C(=O)c1ccc(OC)c(S(=O)(=O)N2CCOCC2)c1)c1cccc2ccccc12. The molecule has 0 aliphatic carbocycles. The predicted molar refractivity (Wildman–Crippen MR) is 124 cm³/mol. The number of carbonyl (C=O) groups excluding carboxylic acids is 1. The van der Waals surface area contributed by atoms with Gasteiger partial charge >= 0.3 is 0 Å². The third-order valence-electron chi connectivity index (χ3n) is 5.62. The standard InChI is InChI=1S/C24H26N2O5S/c1-3-26(21-10-6-8-18-7-4-5-9-20(18)21)24(27)19-11-12-22(30-2)23(17-19)32(28,29)25-13-15-31-16-14-25/h4-12,17H,3,13-16H2,1-2H3. The van der Waals surface area contributed by atoms with Crippen molar-refractivity contribution in [3.05, 3.63) is 66.2 Å². The molecule has 0 atom stereocenters. The molecular weight excluding hydrogens is 428 g/mol. The van der Waals surface area contributed by atoms with Crippen molar-refractivity contribution < 1.29 is 22.7 Å². The summed E-state index contributed by atoms with van der Waals surface area (Å²) in [6, 6.07) is 18.2. The molecule has 0 N–H and O–H groups in total. The molecule has 1 saturated heterocycles. The second kappa shape index (κ2) is 9.28. The summed E-state index contributed by atoms with van der Waals surface area (Å²) in [5.74, 6) is -0.0637. The summed E-state index contributed by atoms with van der Waals surface area (Å²) < 4.78 is 38.6. The van der Waals surface area contributed by atoms with Crippen molar-refractivity contribution in [1.29, 1.82) is 0 Å². The maximum atomic E-state index is 13.5. The molecule has 168 valence electrons. The second-order valence-corrected chi connectivity index (χ2v) is 9.34. The highest BCUT2D eigenvalue weighted by molar-refractivity contribution is 7.89. The highest BCUT2D eigenvalue weighted by atomic mass is 32.2. The lowest BCUT2D eigenvalue weighted by Gasteiger charge is -2.27. The Labute approximate surface area is 188 Å². The Morgan fingerprint density at radius 1 is 1.06 bits per heavy atom. The molecule has 1 heterocycles. The highest BCUT2D eigenvalue weighted by Gasteiger charge is 2.30. The van der Waals surface area contributed by atoms with Crippen molar-refractivity contribution in [2.24, 2.45) is 0 Å². The number of methoxy groups -OCH3 is 1. The van der Waals surface area contributed by atoms with Gasteiger partial charge < -0.3 is 14.4 Å². The largest absolute Gasteiger partial charge is 0.495 e. The van der Waals surface area contributed by atoms with Gasteiger partial charge in [-0.3, -0.25) is 4.79 Å². The van der Waals surface area contributed by atoms with Crippen LogP contribution >= 0.6 is 0 Å². The van der Waals surface area contributed by atoms with Crippen LogP contribution in [0.15, 0.2) is 65.6 Å². The Kier molecular flexibility index (Phi) is 6.45. The monoisotopic (exact) mass is 454 g/mol. The normalized spacial score (nSPS) is 14.9. The van der Waals surface area contributed by atoms with Crippen LogP contribution in [0.25, 0.3) is 10.8 Å². The van der Waals surface area contributed by atoms with Gasteiger partial charge in [-0.05, 0) is 36.6 Å². The van der Waals surface area contributed by atoms with E-state index in [1.165, 1.54) is 23.5 Å². The van der Waals surface area contributed by atoms with Gasteiger partial charge in [-0.2, -0.15) is 4.31 Å². The Morgan fingerprint density at radius 2 is 1.78 bits per heavy atom. The molecule has 1 amide bonds. The van der Waals surface area contributed by atoms with Crippen LogP contribution in [0.1, 0.15) is 17.3 Å². The number of nitrogens with zero attached hydrogens (tertiary/aromatic N) is 2. The van der Waals surface area contributed by atoms with E-state index in [4.69, 9.17) is 9.47 Å². The van der Waals surface area contributed by atoms with Crippen molar-refractivity contribution in [1.82, 2.24) is 4.31 Å². The van der Waals surface area contributed by atoms with Crippen LogP contribution in [0.2, 0.25) is 0 Å². The maximum absolute atomic E-state index is 13.5. The zero-order valence-corrected chi connectivity index (χ0v) is 19.0. The minimum atomic E-state index is -3.83. The lowest BCUT2D eigenvalue weighted by Crippen LogP contribution is -2.40. The predicted octanol–water partition coefficient (Wildman–Crippen LogP) is 3.54. The minimum absolute atomic E-state index is 0.0123. The van der Waals surface area contributed by atoms with Gasteiger partial charge in [-0.1, -0.05) is 36.4 Å². The van der Waals surface area contributed by atoms with E-state index in [9.17, 15) is 13.2 Å². The second-order valence-electron chi connectivity index (χ2n) is 7.43. The summed E-state index contributed by atoms with van der Waals surface area (Å²) >= 11 is 0. The molecule has 1 aliphatic rings. The van der Waals surface area contributed by atoms with Crippen molar-refractivity contribution in [3.8, 4) is 5.75 Å². The van der Waals surface area contributed by atoms with Crippen molar-refractivity contribution in [3.63, 3.8) is 0 Å². The summed E-state index contributed by atoms with van der Waals surface area (Å²) in [6.45, 7) is 3.54. The van der Waals surface area contributed by atoms with Gasteiger partial charge in [0.2, 0.25) is 10.0 Å². The first-order valence-corrected chi connectivity index (χ1v) is 12.0. The Hall–Kier alpha value is -2.94. The molecule has 0 unspecified atom stereocenters. The number of rotatable bonds is 6. The summed E-state index contributed by atoms with van der Waals surface area (Å²) in [7, 11) is -2.41. The summed E-state index contributed by atoms with van der Waals surface area (Å²) in [5.41, 5.74) is 1.07. The van der Waals surface area contributed by atoms with Gasteiger partial charge in [0.25, 0.3) is 5.91 Å². The highest BCUT2D eigenvalue weighted by Crippen LogP contribution is 2.31. The van der Waals surface area contributed by atoms with E-state index >= 15 is 0 Å². The van der Waals surface area contributed by atoms with E-state index in [-0.39, 0.29) is 35.2 Å². The number of amides is 1. The molecule has 4 rings (SSSR count). The van der Waals surface area contributed by atoms with Crippen LogP contribution in [0.3, 0.4) is 0 Å². The molecule has 1 fully saturated rings. The molecule has 0 spiro atoms. The molecule has 1 aliphatic heterocycles. The molecular formula is C24H26N2O5S. The van der Waals surface area contributed by atoms with E-state index in [1.807, 2.05) is 49.4 Å². The number of morpholine rings is 1. The first kappa shape index (κ1) is 22.3. The van der Waals surface area contributed by atoms with E-state index in [0.29, 0.717) is 19.8 Å². The van der Waals surface area contributed by atoms with Crippen LogP contribution in [-0.2, 0) is 14.8 Å². The molecule has 0 radical (unpaired) electrons. The van der Waals surface area contributed by atoms with E-state index < -0.39 is 10.0 Å². The Balaban J connectivity index is 1.76. The summed E-state index contributed by atoms with van der Waals surface area (Å²) in [5, 5.41) is 1.99. The molecule has 0 aromatic heterocycles. The number of benzene rings is 3. The third-order valence-corrected chi connectivity index (χ3v) is 7.54. The molecule has 0 saturated carbocycles. The smallest absolute Gasteiger partial charge is 0.258 e.